The second-order valence-corrected chi connectivity index (χ2v) is 6.29. The Hall–Kier alpha value is -0.760. The first-order chi connectivity index (χ1) is 11.3. The van der Waals surface area contributed by atoms with Gasteiger partial charge in [0, 0.05) is 39.3 Å². The number of hydrogen-bond acceptors (Lipinski definition) is 3. The van der Waals surface area contributed by atoms with E-state index >= 15 is 0 Å². The molecule has 1 heterocycles. The maximum atomic E-state index is 5.50. The lowest BCUT2D eigenvalue weighted by atomic mass is 10.0. The molecule has 2 N–H and O–H groups in total. The smallest absolute Gasteiger partial charge is 0.191 e. The van der Waals surface area contributed by atoms with E-state index in [0.29, 0.717) is 5.41 Å². The standard InChI is InChI=1S/C18H31N3O2.HI/c1-3-11-19-17(20-12-7-16-6-5-13-23-16)21-15-18(8-9-18)10-14-22-4-2;/h5-6,13H,3-4,7-12,14-15H2,1-2H3,(H2,19,20,21);1H. The highest BCUT2D eigenvalue weighted by molar-refractivity contribution is 14.0. The summed E-state index contributed by atoms with van der Waals surface area (Å²) in [6, 6.07) is 3.93. The molecule has 1 aliphatic carbocycles. The van der Waals surface area contributed by atoms with Crippen LogP contribution in [0.5, 0.6) is 0 Å². The molecule has 138 valence electrons. The van der Waals surface area contributed by atoms with E-state index in [1.165, 1.54) is 12.8 Å². The Bertz CT molecular complexity index is 459. The molecule has 0 radical (unpaired) electrons. The molecule has 0 aliphatic heterocycles. The van der Waals surface area contributed by atoms with Crippen LogP contribution in [-0.4, -0.2) is 38.8 Å². The Balaban J connectivity index is 0.00000288. The summed E-state index contributed by atoms with van der Waals surface area (Å²) in [5, 5.41) is 6.80. The summed E-state index contributed by atoms with van der Waals surface area (Å²) in [5.41, 5.74) is 0.386. The Morgan fingerprint density at radius 3 is 2.71 bits per heavy atom. The Kier molecular flexibility index (Phi) is 10.4. The van der Waals surface area contributed by atoms with E-state index in [4.69, 9.17) is 14.1 Å². The van der Waals surface area contributed by atoms with Crippen LogP contribution in [0.2, 0.25) is 0 Å². The molecule has 1 aliphatic rings. The molecule has 0 bridgehead atoms. The molecule has 1 aromatic heterocycles. The summed E-state index contributed by atoms with van der Waals surface area (Å²) in [7, 11) is 0. The van der Waals surface area contributed by atoms with Crippen LogP contribution in [-0.2, 0) is 11.2 Å². The quantitative estimate of drug-likeness (QED) is 0.235. The minimum atomic E-state index is 0. The van der Waals surface area contributed by atoms with Gasteiger partial charge in [-0.05, 0) is 50.2 Å². The van der Waals surface area contributed by atoms with E-state index in [1.54, 1.807) is 6.26 Å². The molecule has 24 heavy (non-hydrogen) atoms. The molecule has 0 unspecified atom stereocenters. The molecule has 5 nitrogen and oxygen atoms in total. The lowest BCUT2D eigenvalue weighted by Crippen LogP contribution is -2.39. The molecule has 1 aromatic rings. The first-order valence-electron chi connectivity index (χ1n) is 8.90. The number of aliphatic imine (C=N–C) groups is 1. The van der Waals surface area contributed by atoms with Crippen LogP contribution in [0.1, 0.15) is 45.3 Å². The monoisotopic (exact) mass is 449 g/mol. The Labute approximate surface area is 163 Å². The normalized spacial score (nSPS) is 15.7. The van der Waals surface area contributed by atoms with Crippen molar-refractivity contribution in [2.75, 3.05) is 32.8 Å². The first-order valence-corrected chi connectivity index (χ1v) is 8.90. The zero-order valence-electron chi connectivity index (χ0n) is 15.0. The number of nitrogens with zero attached hydrogens (tertiary/aromatic N) is 1. The van der Waals surface area contributed by atoms with Crippen molar-refractivity contribution in [2.45, 2.75) is 46.0 Å². The zero-order chi connectivity index (χ0) is 16.4. The van der Waals surface area contributed by atoms with Crippen LogP contribution in [0.15, 0.2) is 27.8 Å². The van der Waals surface area contributed by atoms with Gasteiger partial charge in [-0.3, -0.25) is 4.99 Å². The number of halogens is 1. The molecule has 1 fully saturated rings. The van der Waals surface area contributed by atoms with Gasteiger partial charge in [0.15, 0.2) is 5.96 Å². The van der Waals surface area contributed by atoms with Gasteiger partial charge < -0.3 is 19.8 Å². The Morgan fingerprint density at radius 1 is 1.29 bits per heavy atom. The van der Waals surface area contributed by atoms with Crippen LogP contribution in [0, 0.1) is 5.41 Å². The third-order valence-electron chi connectivity index (χ3n) is 4.30. The second kappa shape index (κ2) is 11.7. The summed E-state index contributed by atoms with van der Waals surface area (Å²) >= 11 is 0. The molecule has 6 heteroatoms. The predicted octanol–water partition coefficient (Wildman–Crippen LogP) is 3.59. The third-order valence-corrected chi connectivity index (χ3v) is 4.30. The van der Waals surface area contributed by atoms with Gasteiger partial charge in [0.1, 0.15) is 5.76 Å². The molecule has 1 saturated carbocycles. The van der Waals surface area contributed by atoms with Crippen molar-refractivity contribution < 1.29 is 9.15 Å². The molecule has 0 amide bonds. The number of hydrogen-bond donors (Lipinski definition) is 2. The van der Waals surface area contributed by atoms with Gasteiger partial charge in [-0.25, -0.2) is 0 Å². The number of ether oxygens (including phenoxy) is 1. The molecule has 0 atom stereocenters. The van der Waals surface area contributed by atoms with Crippen molar-refractivity contribution in [3.05, 3.63) is 24.2 Å². The van der Waals surface area contributed by atoms with E-state index in [2.05, 4.69) is 17.6 Å². The van der Waals surface area contributed by atoms with E-state index in [0.717, 1.165) is 63.8 Å². The van der Waals surface area contributed by atoms with E-state index in [-0.39, 0.29) is 24.0 Å². The minimum absolute atomic E-state index is 0. The molecular formula is C18H32IN3O2. The fourth-order valence-electron chi connectivity index (χ4n) is 2.52. The lowest BCUT2D eigenvalue weighted by molar-refractivity contribution is 0.129. The van der Waals surface area contributed by atoms with Crippen molar-refractivity contribution >= 4 is 29.9 Å². The minimum Gasteiger partial charge on any atom is -0.469 e. The highest BCUT2D eigenvalue weighted by Gasteiger charge is 2.41. The summed E-state index contributed by atoms with van der Waals surface area (Å²) in [6.07, 6.45) is 7.35. The fraction of sp³-hybridized carbons (Fsp3) is 0.722. The highest BCUT2D eigenvalue weighted by atomic mass is 127. The zero-order valence-corrected chi connectivity index (χ0v) is 17.3. The maximum absolute atomic E-state index is 5.50. The van der Waals surface area contributed by atoms with Crippen LogP contribution >= 0.6 is 24.0 Å². The van der Waals surface area contributed by atoms with Gasteiger partial charge in [0.05, 0.1) is 6.26 Å². The maximum Gasteiger partial charge on any atom is 0.191 e. The van der Waals surface area contributed by atoms with Crippen molar-refractivity contribution in [3.8, 4) is 0 Å². The molecule has 0 aromatic carbocycles. The van der Waals surface area contributed by atoms with Gasteiger partial charge in [-0.15, -0.1) is 24.0 Å². The Morgan fingerprint density at radius 2 is 2.08 bits per heavy atom. The summed E-state index contributed by atoms with van der Waals surface area (Å²) in [4.78, 5) is 4.80. The third kappa shape index (κ3) is 7.88. The van der Waals surface area contributed by atoms with Crippen molar-refractivity contribution in [1.82, 2.24) is 10.6 Å². The van der Waals surface area contributed by atoms with Crippen LogP contribution in [0.25, 0.3) is 0 Å². The molecule has 0 spiro atoms. The van der Waals surface area contributed by atoms with Gasteiger partial charge >= 0.3 is 0 Å². The summed E-state index contributed by atoms with van der Waals surface area (Å²) in [6.45, 7) is 8.53. The number of guanidine groups is 1. The topological polar surface area (TPSA) is 58.8 Å². The molecular weight excluding hydrogens is 417 g/mol. The predicted molar refractivity (Wildman–Crippen MR) is 109 cm³/mol. The lowest BCUT2D eigenvalue weighted by Gasteiger charge is -2.15. The van der Waals surface area contributed by atoms with Gasteiger partial charge in [-0.2, -0.15) is 0 Å². The van der Waals surface area contributed by atoms with Crippen molar-refractivity contribution in [1.29, 1.82) is 0 Å². The highest BCUT2D eigenvalue weighted by Crippen LogP contribution is 2.48. The second-order valence-electron chi connectivity index (χ2n) is 6.29. The van der Waals surface area contributed by atoms with Crippen LogP contribution < -0.4 is 10.6 Å². The van der Waals surface area contributed by atoms with Crippen molar-refractivity contribution in [3.63, 3.8) is 0 Å². The van der Waals surface area contributed by atoms with Crippen LogP contribution in [0.4, 0.5) is 0 Å². The average molecular weight is 449 g/mol. The summed E-state index contributed by atoms with van der Waals surface area (Å²) < 4.78 is 10.9. The fourth-order valence-corrected chi connectivity index (χ4v) is 2.52. The van der Waals surface area contributed by atoms with Gasteiger partial charge in [-0.1, -0.05) is 6.92 Å². The van der Waals surface area contributed by atoms with Crippen molar-refractivity contribution in [2.24, 2.45) is 10.4 Å². The van der Waals surface area contributed by atoms with Gasteiger partial charge in [0.2, 0.25) is 0 Å². The molecule has 2 rings (SSSR count). The SMILES string of the molecule is CCCNC(=NCC1(CCOCC)CC1)NCCc1ccco1.I. The number of furan rings is 1. The largest absolute Gasteiger partial charge is 0.469 e. The number of rotatable bonds is 11. The van der Waals surface area contributed by atoms with Crippen LogP contribution in [0.3, 0.4) is 0 Å². The van der Waals surface area contributed by atoms with E-state index in [1.807, 2.05) is 19.1 Å². The first kappa shape index (κ1) is 21.3. The van der Waals surface area contributed by atoms with E-state index < -0.39 is 0 Å². The average Bonchev–Trinajstić information content (AvgIpc) is 3.13. The summed E-state index contributed by atoms with van der Waals surface area (Å²) in [5.74, 6) is 1.92. The molecule has 0 saturated heterocycles. The van der Waals surface area contributed by atoms with Gasteiger partial charge in [0.25, 0.3) is 0 Å². The number of nitrogens with one attached hydrogen (secondary N) is 2. The van der Waals surface area contributed by atoms with E-state index in [9.17, 15) is 0 Å².